The summed E-state index contributed by atoms with van der Waals surface area (Å²) < 4.78 is 1.79. The summed E-state index contributed by atoms with van der Waals surface area (Å²) in [4.78, 5) is 11.6. The molecule has 5 heteroatoms. The molecule has 2 N–H and O–H groups in total. The average molecular weight is 270 g/mol. The Bertz CT molecular complexity index is 562. The summed E-state index contributed by atoms with van der Waals surface area (Å²) in [5, 5.41) is 9.96. The Morgan fingerprint density at radius 3 is 2.90 bits per heavy atom. The summed E-state index contributed by atoms with van der Waals surface area (Å²) in [5.74, 6) is -0.0916. The number of rotatable bonds is 7. The van der Waals surface area contributed by atoms with Crippen LogP contribution in [-0.4, -0.2) is 28.8 Å². The van der Waals surface area contributed by atoms with Crippen molar-refractivity contribution in [3.8, 4) is 0 Å². The van der Waals surface area contributed by atoms with Gasteiger partial charge in [0.15, 0.2) is 0 Å². The van der Waals surface area contributed by atoms with Gasteiger partial charge in [0.25, 0.3) is 0 Å². The first-order valence-corrected chi connectivity index (χ1v) is 6.46. The fourth-order valence-electron chi connectivity index (χ4n) is 1.78. The lowest BCUT2D eigenvalue weighted by atomic mass is 10.2. The van der Waals surface area contributed by atoms with Crippen molar-refractivity contribution in [3.63, 3.8) is 0 Å². The van der Waals surface area contributed by atoms with E-state index in [0.29, 0.717) is 18.8 Å². The molecule has 0 aliphatic heterocycles. The molecule has 2 aromatic rings. The Balaban J connectivity index is 1.86. The molecule has 0 aliphatic rings. The third-order valence-electron chi connectivity index (χ3n) is 2.68. The van der Waals surface area contributed by atoms with E-state index in [4.69, 9.17) is 0 Å². The summed E-state index contributed by atoms with van der Waals surface area (Å²) in [5.41, 5.74) is 1.87. The van der Waals surface area contributed by atoms with Gasteiger partial charge in [0, 0.05) is 12.7 Å². The molecule has 5 nitrogen and oxygen atoms in total. The van der Waals surface area contributed by atoms with E-state index < -0.39 is 0 Å². The molecule has 0 aliphatic carbocycles. The van der Waals surface area contributed by atoms with Crippen molar-refractivity contribution in [1.82, 2.24) is 15.1 Å². The standard InChI is InChI=1S/C15H18N4O/c1-2-8-16-10-15(20)18-14-9-17-19(12-14)11-13-6-4-3-5-7-13/h2-7,9,12,16H,1,8,10-11H2,(H,18,20). The number of carbonyl (C=O) groups excluding carboxylic acids is 1. The van der Waals surface area contributed by atoms with Crippen molar-refractivity contribution < 1.29 is 4.79 Å². The molecule has 2 rings (SSSR count). The number of nitrogens with zero attached hydrogens (tertiary/aromatic N) is 2. The van der Waals surface area contributed by atoms with Gasteiger partial charge in [0.05, 0.1) is 25.0 Å². The van der Waals surface area contributed by atoms with Gasteiger partial charge in [-0.1, -0.05) is 36.4 Å². The fraction of sp³-hybridized carbons (Fsp3) is 0.200. The van der Waals surface area contributed by atoms with E-state index in [0.717, 1.165) is 0 Å². The largest absolute Gasteiger partial charge is 0.322 e. The number of anilines is 1. The summed E-state index contributed by atoms with van der Waals surface area (Å²) in [6, 6.07) is 10.0. The summed E-state index contributed by atoms with van der Waals surface area (Å²) in [6.45, 7) is 5.13. The molecular formula is C15H18N4O. The van der Waals surface area contributed by atoms with Crippen molar-refractivity contribution in [2.75, 3.05) is 18.4 Å². The molecule has 1 aromatic carbocycles. The van der Waals surface area contributed by atoms with Crippen molar-refractivity contribution in [3.05, 3.63) is 60.9 Å². The van der Waals surface area contributed by atoms with Crippen molar-refractivity contribution in [1.29, 1.82) is 0 Å². The molecule has 0 spiro atoms. The van der Waals surface area contributed by atoms with E-state index in [1.807, 2.05) is 36.5 Å². The normalized spacial score (nSPS) is 10.2. The lowest BCUT2D eigenvalue weighted by molar-refractivity contribution is -0.115. The van der Waals surface area contributed by atoms with E-state index >= 15 is 0 Å². The maximum Gasteiger partial charge on any atom is 0.238 e. The van der Waals surface area contributed by atoms with Gasteiger partial charge in [-0.25, -0.2) is 0 Å². The van der Waals surface area contributed by atoms with Crippen LogP contribution in [0.5, 0.6) is 0 Å². The zero-order valence-electron chi connectivity index (χ0n) is 11.2. The minimum absolute atomic E-state index is 0.0916. The van der Waals surface area contributed by atoms with Crippen LogP contribution in [0.3, 0.4) is 0 Å². The van der Waals surface area contributed by atoms with Gasteiger partial charge < -0.3 is 10.6 Å². The van der Waals surface area contributed by atoms with Crippen molar-refractivity contribution >= 4 is 11.6 Å². The molecule has 0 saturated carbocycles. The first-order valence-electron chi connectivity index (χ1n) is 6.46. The SMILES string of the molecule is C=CCNCC(=O)Nc1cnn(Cc2ccccc2)c1. The maximum atomic E-state index is 11.6. The molecule has 0 radical (unpaired) electrons. The molecule has 0 atom stereocenters. The van der Waals surface area contributed by atoms with Crippen molar-refractivity contribution in [2.24, 2.45) is 0 Å². The van der Waals surface area contributed by atoms with Crippen LogP contribution in [0.15, 0.2) is 55.4 Å². The second-order valence-electron chi connectivity index (χ2n) is 4.38. The summed E-state index contributed by atoms with van der Waals surface area (Å²) in [6.07, 6.45) is 5.18. The van der Waals surface area contributed by atoms with Crippen molar-refractivity contribution in [2.45, 2.75) is 6.54 Å². The highest BCUT2D eigenvalue weighted by Gasteiger charge is 2.04. The minimum Gasteiger partial charge on any atom is -0.322 e. The third-order valence-corrected chi connectivity index (χ3v) is 2.68. The summed E-state index contributed by atoms with van der Waals surface area (Å²) in [7, 11) is 0. The molecule has 0 bridgehead atoms. The first kappa shape index (κ1) is 14.0. The predicted octanol–water partition coefficient (Wildman–Crippen LogP) is 1.65. The lowest BCUT2D eigenvalue weighted by Gasteiger charge is -2.03. The van der Waals surface area contributed by atoms with Gasteiger partial charge in [0.2, 0.25) is 5.91 Å². The Labute approximate surface area is 118 Å². The highest BCUT2D eigenvalue weighted by Crippen LogP contribution is 2.07. The van der Waals surface area contributed by atoms with Gasteiger partial charge in [-0.2, -0.15) is 5.10 Å². The van der Waals surface area contributed by atoms with Gasteiger partial charge in [-0.05, 0) is 5.56 Å². The number of hydrogen-bond acceptors (Lipinski definition) is 3. The smallest absolute Gasteiger partial charge is 0.238 e. The number of aromatic nitrogens is 2. The van der Waals surface area contributed by atoms with E-state index in [9.17, 15) is 4.79 Å². The average Bonchev–Trinajstić information content (AvgIpc) is 2.87. The minimum atomic E-state index is -0.0916. The predicted molar refractivity (Wildman–Crippen MR) is 79.5 cm³/mol. The van der Waals surface area contributed by atoms with Crippen LogP contribution in [0.2, 0.25) is 0 Å². The number of benzene rings is 1. The molecule has 0 fully saturated rings. The third kappa shape index (κ3) is 4.37. The number of nitrogens with one attached hydrogen (secondary N) is 2. The van der Waals surface area contributed by atoms with Crippen LogP contribution < -0.4 is 10.6 Å². The van der Waals surface area contributed by atoms with Crippen LogP contribution >= 0.6 is 0 Å². The van der Waals surface area contributed by atoms with Gasteiger partial charge >= 0.3 is 0 Å². The van der Waals surface area contributed by atoms with Crippen LogP contribution in [0.1, 0.15) is 5.56 Å². The fourth-order valence-corrected chi connectivity index (χ4v) is 1.78. The van der Waals surface area contributed by atoms with Crippen LogP contribution in [0, 0.1) is 0 Å². The molecule has 1 amide bonds. The molecule has 1 aromatic heterocycles. The Hall–Kier alpha value is -2.40. The number of hydrogen-bond donors (Lipinski definition) is 2. The van der Waals surface area contributed by atoms with Crippen LogP contribution in [-0.2, 0) is 11.3 Å². The topological polar surface area (TPSA) is 59.0 Å². The Morgan fingerprint density at radius 2 is 2.15 bits per heavy atom. The van der Waals surface area contributed by atoms with Gasteiger partial charge in [-0.3, -0.25) is 9.48 Å². The summed E-state index contributed by atoms with van der Waals surface area (Å²) >= 11 is 0. The molecule has 0 unspecified atom stereocenters. The highest BCUT2D eigenvalue weighted by atomic mass is 16.1. The van der Waals surface area contributed by atoms with Crippen LogP contribution in [0.4, 0.5) is 5.69 Å². The molecular weight excluding hydrogens is 252 g/mol. The maximum absolute atomic E-state index is 11.6. The number of carbonyl (C=O) groups is 1. The second kappa shape index (κ2) is 7.25. The molecule has 20 heavy (non-hydrogen) atoms. The molecule has 104 valence electrons. The van der Waals surface area contributed by atoms with E-state index in [2.05, 4.69) is 22.3 Å². The Kier molecular flexibility index (Phi) is 5.08. The van der Waals surface area contributed by atoms with Crippen LogP contribution in [0.25, 0.3) is 0 Å². The lowest BCUT2D eigenvalue weighted by Crippen LogP contribution is -2.27. The first-order chi connectivity index (χ1) is 9.78. The van der Waals surface area contributed by atoms with E-state index in [1.165, 1.54) is 5.56 Å². The second-order valence-corrected chi connectivity index (χ2v) is 4.38. The quantitative estimate of drug-likeness (QED) is 0.594. The highest BCUT2D eigenvalue weighted by molar-refractivity contribution is 5.91. The van der Waals surface area contributed by atoms with E-state index in [-0.39, 0.29) is 12.5 Å². The molecule has 0 saturated heterocycles. The Morgan fingerprint density at radius 1 is 1.35 bits per heavy atom. The number of amides is 1. The van der Waals surface area contributed by atoms with Gasteiger partial charge in [0.1, 0.15) is 0 Å². The monoisotopic (exact) mass is 270 g/mol. The zero-order valence-corrected chi connectivity index (χ0v) is 11.2. The zero-order chi connectivity index (χ0) is 14.2. The van der Waals surface area contributed by atoms with Gasteiger partial charge in [-0.15, -0.1) is 6.58 Å². The molecule has 1 heterocycles. The van der Waals surface area contributed by atoms with E-state index in [1.54, 1.807) is 17.0 Å².